The third kappa shape index (κ3) is 4.46. The molecule has 0 spiro atoms. The van der Waals surface area contributed by atoms with Crippen LogP contribution in [-0.4, -0.2) is 12.5 Å². The Kier molecular flexibility index (Phi) is 5.16. The lowest BCUT2D eigenvalue weighted by atomic mass is 10.2. The predicted molar refractivity (Wildman–Crippen MR) is 82.3 cm³/mol. The highest BCUT2D eigenvalue weighted by molar-refractivity contribution is 9.10. The standard InChI is InChI=1S/C15H14BrFN2O2/c16-12-6-5-11(17)7-10(12)8-19-15(20)9-21-14-4-2-1-3-13(14)18/h1-7H,8-9,18H2,(H,19,20). The maximum atomic E-state index is 13.1. The first kappa shape index (κ1) is 15.3. The van der Waals surface area contributed by atoms with Crippen LogP contribution < -0.4 is 15.8 Å². The minimum atomic E-state index is -0.351. The van der Waals surface area contributed by atoms with Gasteiger partial charge >= 0.3 is 0 Å². The predicted octanol–water partition coefficient (Wildman–Crippen LogP) is 2.87. The fourth-order valence-electron chi connectivity index (χ4n) is 1.68. The van der Waals surface area contributed by atoms with E-state index in [1.165, 1.54) is 12.1 Å². The van der Waals surface area contributed by atoms with E-state index in [9.17, 15) is 9.18 Å². The minimum Gasteiger partial charge on any atom is -0.482 e. The monoisotopic (exact) mass is 352 g/mol. The number of carbonyl (C=O) groups excluding carboxylic acids is 1. The molecule has 0 unspecified atom stereocenters. The number of hydrogen-bond acceptors (Lipinski definition) is 3. The fourth-order valence-corrected chi connectivity index (χ4v) is 2.07. The van der Waals surface area contributed by atoms with Crippen molar-refractivity contribution in [3.05, 3.63) is 58.3 Å². The zero-order valence-electron chi connectivity index (χ0n) is 11.1. The van der Waals surface area contributed by atoms with Gasteiger partial charge < -0.3 is 15.8 Å². The van der Waals surface area contributed by atoms with Crippen LogP contribution in [0.4, 0.5) is 10.1 Å². The van der Waals surface area contributed by atoms with Gasteiger partial charge in [-0.15, -0.1) is 0 Å². The molecule has 110 valence electrons. The average molecular weight is 353 g/mol. The van der Waals surface area contributed by atoms with Crippen molar-refractivity contribution >= 4 is 27.5 Å². The molecule has 0 aliphatic carbocycles. The minimum absolute atomic E-state index is 0.152. The van der Waals surface area contributed by atoms with Crippen LogP contribution in [0.2, 0.25) is 0 Å². The van der Waals surface area contributed by atoms with E-state index in [0.29, 0.717) is 17.0 Å². The molecule has 0 saturated carbocycles. The highest BCUT2D eigenvalue weighted by Gasteiger charge is 2.07. The lowest BCUT2D eigenvalue weighted by molar-refractivity contribution is -0.123. The Morgan fingerprint density at radius 2 is 2.05 bits per heavy atom. The molecule has 0 saturated heterocycles. The number of para-hydroxylation sites is 2. The summed E-state index contributed by atoms with van der Waals surface area (Å²) in [6.45, 7) is 0.0615. The Balaban J connectivity index is 1.85. The molecule has 0 aliphatic heterocycles. The molecule has 0 bridgehead atoms. The molecular weight excluding hydrogens is 339 g/mol. The molecule has 2 aromatic rings. The molecule has 6 heteroatoms. The van der Waals surface area contributed by atoms with E-state index in [0.717, 1.165) is 4.47 Å². The fraction of sp³-hybridized carbons (Fsp3) is 0.133. The molecule has 4 nitrogen and oxygen atoms in total. The van der Waals surface area contributed by atoms with E-state index in [2.05, 4.69) is 21.2 Å². The lowest BCUT2D eigenvalue weighted by Gasteiger charge is -2.10. The summed E-state index contributed by atoms with van der Waals surface area (Å²) in [5.41, 5.74) is 6.83. The van der Waals surface area contributed by atoms with Crippen molar-refractivity contribution in [2.45, 2.75) is 6.54 Å². The quantitative estimate of drug-likeness (QED) is 0.813. The molecular formula is C15H14BrFN2O2. The van der Waals surface area contributed by atoms with Crippen LogP contribution in [0.3, 0.4) is 0 Å². The second-order valence-corrected chi connectivity index (χ2v) is 5.19. The number of halogens is 2. The number of amides is 1. The maximum Gasteiger partial charge on any atom is 0.258 e. The van der Waals surface area contributed by atoms with Crippen molar-refractivity contribution < 1.29 is 13.9 Å². The summed E-state index contributed by atoms with van der Waals surface area (Å²) in [6, 6.07) is 11.2. The van der Waals surface area contributed by atoms with Crippen LogP contribution in [0, 0.1) is 5.82 Å². The van der Waals surface area contributed by atoms with Gasteiger partial charge in [0.05, 0.1) is 5.69 Å². The number of rotatable bonds is 5. The molecule has 2 aromatic carbocycles. The Hall–Kier alpha value is -2.08. The Morgan fingerprint density at radius 3 is 2.81 bits per heavy atom. The van der Waals surface area contributed by atoms with Crippen LogP contribution in [0.1, 0.15) is 5.56 Å². The number of hydrogen-bond donors (Lipinski definition) is 2. The highest BCUT2D eigenvalue weighted by atomic mass is 79.9. The summed E-state index contributed by atoms with van der Waals surface area (Å²) in [4.78, 5) is 11.7. The van der Waals surface area contributed by atoms with Gasteiger partial charge in [0.15, 0.2) is 6.61 Å². The van der Waals surface area contributed by atoms with Crippen LogP contribution in [0.25, 0.3) is 0 Å². The van der Waals surface area contributed by atoms with Gasteiger partial charge in [0, 0.05) is 11.0 Å². The molecule has 21 heavy (non-hydrogen) atoms. The van der Waals surface area contributed by atoms with Crippen LogP contribution >= 0.6 is 15.9 Å². The number of nitrogens with two attached hydrogens (primary N) is 1. The lowest BCUT2D eigenvalue weighted by Crippen LogP contribution is -2.28. The van der Waals surface area contributed by atoms with Crippen molar-refractivity contribution in [3.63, 3.8) is 0 Å². The van der Waals surface area contributed by atoms with Gasteiger partial charge in [-0.05, 0) is 35.9 Å². The summed E-state index contributed by atoms with van der Waals surface area (Å²) in [6.07, 6.45) is 0. The van der Waals surface area contributed by atoms with Crippen molar-refractivity contribution in [3.8, 4) is 5.75 Å². The molecule has 0 aromatic heterocycles. The summed E-state index contributed by atoms with van der Waals surface area (Å²) in [5, 5.41) is 2.66. The molecule has 2 rings (SSSR count). The molecule has 1 amide bonds. The maximum absolute atomic E-state index is 13.1. The van der Waals surface area contributed by atoms with E-state index in [1.807, 2.05) is 0 Å². The van der Waals surface area contributed by atoms with Crippen LogP contribution in [-0.2, 0) is 11.3 Å². The van der Waals surface area contributed by atoms with Crippen LogP contribution in [0.5, 0.6) is 5.75 Å². The summed E-state index contributed by atoms with van der Waals surface area (Å²) in [5.74, 6) is -0.204. The number of carbonyl (C=O) groups is 1. The zero-order chi connectivity index (χ0) is 15.2. The highest BCUT2D eigenvalue weighted by Crippen LogP contribution is 2.19. The van der Waals surface area contributed by atoms with Crippen LogP contribution in [0.15, 0.2) is 46.9 Å². The number of nitrogens with one attached hydrogen (secondary N) is 1. The smallest absolute Gasteiger partial charge is 0.258 e. The van der Waals surface area contributed by atoms with Crippen molar-refractivity contribution in [1.29, 1.82) is 0 Å². The second kappa shape index (κ2) is 7.08. The third-order valence-corrected chi connectivity index (χ3v) is 3.54. The van der Waals surface area contributed by atoms with Crippen molar-refractivity contribution in [2.75, 3.05) is 12.3 Å². The number of anilines is 1. The molecule has 3 N–H and O–H groups in total. The van der Waals surface area contributed by atoms with Crippen molar-refractivity contribution in [2.24, 2.45) is 0 Å². The van der Waals surface area contributed by atoms with E-state index in [-0.39, 0.29) is 24.9 Å². The molecule has 0 heterocycles. The first-order chi connectivity index (χ1) is 10.1. The molecule has 0 fully saturated rings. The third-order valence-electron chi connectivity index (χ3n) is 2.76. The Labute approximate surface area is 130 Å². The van der Waals surface area contributed by atoms with Gasteiger partial charge in [0.1, 0.15) is 11.6 Å². The van der Waals surface area contributed by atoms with Gasteiger partial charge in [-0.2, -0.15) is 0 Å². The van der Waals surface area contributed by atoms with E-state index in [1.54, 1.807) is 30.3 Å². The van der Waals surface area contributed by atoms with E-state index in [4.69, 9.17) is 10.5 Å². The zero-order valence-corrected chi connectivity index (χ0v) is 12.7. The van der Waals surface area contributed by atoms with Gasteiger partial charge in [-0.3, -0.25) is 4.79 Å². The number of benzene rings is 2. The molecule has 0 radical (unpaired) electrons. The normalized spacial score (nSPS) is 10.2. The average Bonchev–Trinajstić information content (AvgIpc) is 2.47. The van der Waals surface area contributed by atoms with Gasteiger partial charge in [-0.1, -0.05) is 28.1 Å². The largest absolute Gasteiger partial charge is 0.482 e. The summed E-state index contributed by atoms with van der Waals surface area (Å²) in [7, 11) is 0. The SMILES string of the molecule is Nc1ccccc1OCC(=O)NCc1cc(F)ccc1Br. The number of ether oxygens (including phenoxy) is 1. The van der Waals surface area contributed by atoms with Gasteiger partial charge in [0.2, 0.25) is 0 Å². The van der Waals surface area contributed by atoms with E-state index >= 15 is 0 Å². The van der Waals surface area contributed by atoms with Crippen molar-refractivity contribution in [1.82, 2.24) is 5.32 Å². The second-order valence-electron chi connectivity index (χ2n) is 4.34. The first-order valence-corrected chi connectivity index (χ1v) is 7.03. The number of nitrogen functional groups attached to an aromatic ring is 1. The first-order valence-electron chi connectivity index (χ1n) is 6.24. The molecule has 0 atom stereocenters. The molecule has 0 aliphatic rings. The van der Waals surface area contributed by atoms with E-state index < -0.39 is 0 Å². The Bertz CT molecular complexity index is 649. The summed E-state index contributed by atoms with van der Waals surface area (Å²) < 4.78 is 19.2. The van der Waals surface area contributed by atoms with Gasteiger partial charge in [-0.25, -0.2) is 4.39 Å². The summed E-state index contributed by atoms with van der Waals surface area (Å²) >= 11 is 3.30. The topological polar surface area (TPSA) is 64.3 Å². The van der Waals surface area contributed by atoms with Gasteiger partial charge in [0.25, 0.3) is 5.91 Å². The Morgan fingerprint density at radius 1 is 1.29 bits per heavy atom.